The molecule has 2 aromatic carbocycles. The molecule has 2 aliphatic rings. The molecule has 134 valence electrons. The Morgan fingerprint density at radius 1 is 1.08 bits per heavy atom. The summed E-state index contributed by atoms with van der Waals surface area (Å²) in [5.74, 6) is 0.151. The third-order valence-electron chi connectivity index (χ3n) is 4.65. The van der Waals surface area contributed by atoms with Gasteiger partial charge in [-0.1, -0.05) is 32.9 Å². The molecule has 0 aromatic heterocycles. The molecule has 1 unspecified atom stereocenters. The molecule has 26 heavy (non-hydrogen) atoms. The highest BCUT2D eigenvalue weighted by molar-refractivity contribution is 6.34. The second kappa shape index (κ2) is 5.95. The largest absolute Gasteiger partial charge is 0.491 e. The van der Waals surface area contributed by atoms with E-state index in [4.69, 9.17) is 9.47 Å². The maximum absolute atomic E-state index is 12.9. The third-order valence-corrected chi connectivity index (χ3v) is 4.65. The molecular formula is C21H21NO4. The maximum atomic E-state index is 12.9. The van der Waals surface area contributed by atoms with E-state index in [-0.39, 0.29) is 23.3 Å². The molecule has 5 nitrogen and oxygen atoms in total. The second-order valence-corrected chi connectivity index (χ2v) is 7.69. The third kappa shape index (κ3) is 2.88. The van der Waals surface area contributed by atoms with E-state index in [1.807, 2.05) is 6.07 Å². The fourth-order valence-electron chi connectivity index (χ4n) is 3.16. The van der Waals surface area contributed by atoms with Gasteiger partial charge >= 0.3 is 0 Å². The first-order valence-electron chi connectivity index (χ1n) is 8.73. The first-order chi connectivity index (χ1) is 12.4. The van der Waals surface area contributed by atoms with Gasteiger partial charge in [0.2, 0.25) is 0 Å². The van der Waals surface area contributed by atoms with Gasteiger partial charge in [-0.2, -0.15) is 0 Å². The minimum Gasteiger partial charge on any atom is -0.491 e. The molecule has 0 aliphatic carbocycles. The lowest BCUT2D eigenvalue weighted by molar-refractivity contribution is 0.0925. The molecule has 1 atom stereocenters. The van der Waals surface area contributed by atoms with E-state index in [2.05, 4.69) is 20.8 Å². The van der Waals surface area contributed by atoms with Crippen LogP contribution < -0.4 is 9.64 Å². The molecule has 5 heteroatoms. The van der Waals surface area contributed by atoms with Crippen molar-refractivity contribution in [2.24, 2.45) is 0 Å². The lowest BCUT2D eigenvalue weighted by atomic mass is 9.85. The summed E-state index contributed by atoms with van der Waals surface area (Å²) in [6.45, 7) is 7.41. The highest BCUT2D eigenvalue weighted by atomic mass is 16.6. The Kier molecular flexibility index (Phi) is 3.84. The number of rotatable bonds is 4. The molecule has 4 rings (SSSR count). The van der Waals surface area contributed by atoms with Crippen LogP contribution in [0.1, 0.15) is 47.1 Å². The standard InChI is InChI=1S/C21H21NO4/c1-21(2,3)17-10-13(25-11-14-12-26-14)8-9-18(17)22-19(23)15-6-4-5-7-16(15)20(22)24/h4-10,14H,11-12H2,1-3H3. The number of ether oxygens (including phenoxy) is 2. The maximum Gasteiger partial charge on any atom is 0.266 e. The number of epoxide rings is 1. The highest BCUT2D eigenvalue weighted by Crippen LogP contribution is 2.38. The number of benzene rings is 2. The molecule has 0 radical (unpaired) electrons. The van der Waals surface area contributed by atoms with Gasteiger partial charge in [0, 0.05) is 0 Å². The zero-order chi connectivity index (χ0) is 18.5. The molecule has 1 saturated heterocycles. The van der Waals surface area contributed by atoms with Crippen molar-refractivity contribution in [1.29, 1.82) is 0 Å². The van der Waals surface area contributed by atoms with Gasteiger partial charge in [0.15, 0.2) is 0 Å². The van der Waals surface area contributed by atoms with Crippen LogP contribution in [0.15, 0.2) is 42.5 Å². The van der Waals surface area contributed by atoms with Crippen LogP contribution in [0.4, 0.5) is 5.69 Å². The SMILES string of the molecule is CC(C)(C)c1cc(OCC2CO2)ccc1N1C(=O)c2ccccc2C1=O. The predicted octanol–water partition coefficient (Wildman–Crippen LogP) is 3.56. The second-order valence-electron chi connectivity index (χ2n) is 7.69. The van der Waals surface area contributed by atoms with Gasteiger partial charge in [-0.3, -0.25) is 9.59 Å². The monoisotopic (exact) mass is 351 g/mol. The van der Waals surface area contributed by atoms with Crippen molar-refractivity contribution in [3.8, 4) is 5.75 Å². The molecule has 2 aromatic rings. The van der Waals surface area contributed by atoms with Gasteiger partial charge < -0.3 is 9.47 Å². The van der Waals surface area contributed by atoms with E-state index in [0.29, 0.717) is 29.2 Å². The summed E-state index contributed by atoms with van der Waals surface area (Å²) < 4.78 is 11.0. The predicted molar refractivity (Wildman–Crippen MR) is 98.0 cm³/mol. The van der Waals surface area contributed by atoms with Crippen molar-refractivity contribution in [2.75, 3.05) is 18.1 Å². The van der Waals surface area contributed by atoms with E-state index in [1.54, 1.807) is 36.4 Å². The van der Waals surface area contributed by atoms with Crippen LogP contribution >= 0.6 is 0 Å². The highest BCUT2D eigenvalue weighted by Gasteiger charge is 2.38. The van der Waals surface area contributed by atoms with Gasteiger partial charge in [-0.15, -0.1) is 0 Å². The van der Waals surface area contributed by atoms with Crippen molar-refractivity contribution in [1.82, 2.24) is 0 Å². The summed E-state index contributed by atoms with van der Waals surface area (Å²) in [6.07, 6.45) is 0.170. The first kappa shape index (κ1) is 16.8. The van der Waals surface area contributed by atoms with Crippen LogP contribution in [0.25, 0.3) is 0 Å². The lowest BCUT2D eigenvalue weighted by Crippen LogP contribution is -2.32. The fraction of sp³-hybridized carbons (Fsp3) is 0.333. The molecule has 2 amide bonds. The van der Waals surface area contributed by atoms with Crippen LogP contribution in [-0.4, -0.2) is 31.1 Å². The van der Waals surface area contributed by atoms with Gasteiger partial charge in [0.05, 0.1) is 23.4 Å². The van der Waals surface area contributed by atoms with Crippen molar-refractivity contribution in [3.63, 3.8) is 0 Å². The summed E-state index contributed by atoms with van der Waals surface area (Å²) >= 11 is 0. The number of hydrogen-bond donors (Lipinski definition) is 0. The number of amides is 2. The minimum atomic E-state index is -0.281. The first-order valence-corrected chi connectivity index (χ1v) is 8.73. The van der Waals surface area contributed by atoms with E-state index in [0.717, 1.165) is 12.2 Å². The van der Waals surface area contributed by atoms with Crippen LogP contribution in [0, 0.1) is 0 Å². The topological polar surface area (TPSA) is 59.1 Å². The minimum absolute atomic E-state index is 0.170. The van der Waals surface area contributed by atoms with Crippen LogP contribution in [0.3, 0.4) is 0 Å². The molecule has 2 heterocycles. The van der Waals surface area contributed by atoms with Crippen LogP contribution in [0.5, 0.6) is 5.75 Å². The zero-order valence-corrected chi connectivity index (χ0v) is 15.1. The summed E-state index contributed by atoms with van der Waals surface area (Å²) in [5, 5.41) is 0. The molecule has 2 aliphatic heterocycles. The summed E-state index contributed by atoms with van der Waals surface area (Å²) in [5.41, 5.74) is 2.13. The Hall–Kier alpha value is -2.66. The Bertz CT molecular complexity index is 858. The van der Waals surface area contributed by atoms with E-state index in [1.165, 1.54) is 4.90 Å². The number of anilines is 1. The smallest absolute Gasteiger partial charge is 0.266 e. The Labute approximate surface area is 152 Å². The number of imide groups is 1. The van der Waals surface area contributed by atoms with E-state index >= 15 is 0 Å². The molecular weight excluding hydrogens is 330 g/mol. The molecule has 0 N–H and O–H groups in total. The van der Waals surface area contributed by atoms with Gasteiger partial charge in [-0.05, 0) is 41.3 Å². The number of carbonyl (C=O) groups excluding carboxylic acids is 2. The normalized spacial score (nSPS) is 18.9. The number of nitrogens with zero attached hydrogens (tertiary/aromatic N) is 1. The van der Waals surface area contributed by atoms with Gasteiger partial charge in [0.1, 0.15) is 18.5 Å². The molecule has 1 fully saturated rings. The molecule has 0 spiro atoms. The average Bonchev–Trinajstić information content (AvgIpc) is 3.40. The number of fused-ring (bicyclic) bond motifs is 1. The number of carbonyl (C=O) groups is 2. The average molecular weight is 351 g/mol. The van der Waals surface area contributed by atoms with Crippen molar-refractivity contribution < 1.29 is 19.1 Å². The summed E-state index contributed by atoms with van der Waals surface area (Å²) in [4.78, 5) is 27.0. The van der Waals surface area contributed by atoms with Gasteiger partial charge in [-0.25, -0.2) is 4.90 Å². The van der Waals surface area contributed by atoms with E-state index < -0.39 is 0 Å². The van der Waals surface area contributed by atoms with Crippen LogP contribution in [0.2, 0.25) is 0 Å². The van der Waals surface area contributed by atoms with E-state index in [9.17, 15) is 9.59 Å². The van der Waals surface area contributed by atoms with Crippen LogP contribution in [-0.2, 0) is 10.2 Å². The molecule has 0 saturated carbocycles. The van der Waals surface area contributed by atoms with Crippen molar-refractivity contribution in [2.45, 2.75) is 32.3 Å². The van der Waals surface area contributed by atoms with Gasteiger partial charge in [0.25, 0.3) is 11.8 Å². The van der Waals surface area contributed by atoms with Crippen molar-refractivity contribution >= 4 is 17.5 Å². The summed E-state index contributed by atoms with van der Waals surface area (Å²) in [7, 11) is 0. The fourth-order valence-corrected chi connectivity index (χ4v) is 3.16. The lowest BCUT2D eigenvalue weighted by Gasteiger charge is -2.27. The zero-order valence-electron chi connectivity index (χ0n) is 15.1. The Balaban J connectivity index is 1.74. The quantitative estimate of drug-likeness (QED) is 0.624. The Morgan fingerprint density at radius 3 is 2.23 bits per heavy atom. The molecule has 0 bridgehead atoms. The number of hydrogen-bond acceptors (Lipinski definition) is 4. The van der Waals surface area contributed by atoms with Crippen molar-refractivity contribution in [3.05, 3.63) is 59.2 Å². The summed E-state index contributed by atoms with van der Waals surface area (Å²) in [6, 6.07) is 12.5. The Morgan fingerprint density at radius 2 is 1.69 bits per heavy atom.